The predicted molar refractivity (Wildman–Crippen MR) is 103 cm³/mol. The molecule has 1 amide bonds. The average molecular weight is 365 g/mol. The minimum atomic E-state index is 0.110. The summed E-state index contributed by atoms with van der Waals surface area (Å²) in [4.78, 5) is 39.1. The molecule has 0 aliphatic carbocycles. The van der Waals surface area contributed by atoms with Crippen LogP contribution in [0.5, 0.6) is 0 Å². The number of nitrogens with zero attached hydrogens (tertiary/aromatic N) is 5. The molecule has 7 heteroatoms. The van der Waals surface area contributed by atoms with E-state index in [9.17, 15) is 9.59 Å². The molecule has 0 atom stereocenters. The Labute approximate surface area is 158 Å². The van der Waals surface area contributed by atoms with Crippen LogP contribution in [0.4, 0.5) is 11.6 Å². The highest BCUT2D eigenvalue weighted by Gasteiger charge is 2.23. The second kappa shape index (κ2) is 7.84. The van der Waals surface area contributed by atoms with Gasteiger partial charge in [-0.1, -0.05) is 0 Å². The molecule has 2 fully saturated rings. The number of carbonyl (C=O) groups excluding carboxylic acids is 2. The molecule has 2 saturated heterocycles. The number of carbonyl (C=O) groups is 2. The Hall–Kier alpha value is -2.80. The zero-order chi connectivity index (χ0) is 18.6. The quantitative estimate of drug-likeness (QED) is 0.750. The van der Waals surface area contributed by atoms with Gasteiger partial charge in [0.1, 0.15) is 0 Å². The van der Waals surface area contributed by atoms with Crippen LogP contribution < -0.4 is 9.80 Å². The smallest absolute Gasteiger partial charge is 0.227 e. The van der Waals surface area contributed by atoms with E-state index >= 15 is 0 Å². The summed E-state index contributed by atoms with van der Waals surface area (Å²) in [6.07, 6.45) is 5.01. The maximum Gasteiger partial charge on any atom is 0.227 e. The zero-order valence-corrected chi connectivity index (χ0v) is 15.3. The van der Waals surface area contributed by atoms with Gasteiger partial charge >= 0.3 is 0 Å². The molecule has 0 N–H and O–H groups in total. The van der Waals surface area contributed by atoms with E-state index in [0.29, 0.717) is 18.5 Å². The summed E-state index contributed by atoms with van der Waals surface area (Å²) in [6.45, 7) is 4.42. The van der Waals surface area contributed by atoms with Gasteiger partial charge in [-0.2, -0.15) is 0 Å². The first kappa shape index (κ1) is 17.6. The van der Waals surface area contributed by atoms with Crippen LogP contribution >= 0.6 is 0 Å². The molecule has 2 aliphatic heterocycles. The van der Waals surface area contributed by atoms with Gasteiger partial charge in [0.05, 0.1) is 6.54 Å². The zero-order valence-electron chi connectivity index (χ0n) is 15.3. The Morgan fingerprint density at radius 1 is 0.963 bits per heavy atom. The number of Topliss-reactive ketones (excluding diaryl/α,β-unsaturated/α-hetero) is 1. The normalized spacial score (nSPS) is 18.1. The Bertz CT molecular complexity index is 801. The lowest BCUT2D eigenvalue weighted by atomic mass is 10.1. The number of piperazine rings is 1. The molecule has 27 heavy (non-hydrogen) atoms. The molecule has 140 valence electrons. The van der Waals surface area contributed by atoms with Crippen LogP contribution in [-0.4, -0.2) is 65.8 Å². The van der Waals surface area contributed by atoms with E-state index < -0.39 is 0 Å². The molecular weight excluding hydrogens is 342 g/mol. The number of anilines is 2. The van der Waals surface area contributed by atoms with Gasteiger partial charge in [0.25, 0.3) is 0 Å². The van der Waals surface area contributed by atoms with Gasteiger partial charge in [0.15, 0.2) is 5.78 Å². The monoisotopic (exact) mass is 365 g/mol. The topological polar surface area (TPSA) is 69.6 Å². The fourth-order valence-corrected chi connectivity index (χ4v) is 3.60. The highest BCUT2D eigenvalue weighted by atomic mass is 16.2. The van der Waals surface area contributed by atoms with Crippen LogP contribution in [0.1, 0.15) is 23.2 Å². The molecule has 0 spiro atoms. The number of ketones is 1. The summed E-state index contributed by atoms with van der Waals surface area (Å²) in [5.41, 5.74) is 1.57. The molecule has 3 heterocycles. The third kappa shape index (κ3) is 3.98. The van der Waals surface area contributed by atoms with Crippen molar-refractivity contribution in [2.24, 2.45) is 0 Å². The molecule has 1 aromatic carbocycles. The first-order chi connectivity index (χ1) is 13.2. The van der Waals surface area contributed by atoms with Crippen molar-refractivity contribution in [2.75, 3.05) is 49.1 Å². The number of hydrogen-bond acceptors (Lipinski definition) is 6. The van der Waals surface area contributed by atoms with E-state index in [1.807, 2.05) is 30.3 Å². The lowest BCUT2D eigenvalue weighted by Crippen LogP contribution is -2.48. The number of amides is 1. The number of benzene rings is 1. The van der Waals surface area contributed by atoms with Crippen LogP contribution in [0.3, 0.4) is 0 Å². The third-order valence-corrected chi connectivity index (χ3v) is 5.15. The molecular formula is C20H23N5O2. The van der Waals surface area contributed by atoms with Gasteiger partial charge in [-0.15, -0.1) is 0 Å². The largest absolute Gasteiger partial charge is 0.338 e. The molecule has 0 saturated carbocycles. The molecule has 0 radical (unpaired) electrons. The summed E-state index contributed by atoms with van der Waals surface area (Å²) in [6, 6.07) is 9.22. The van der Waals surface area contributed by atoms with Crippen LogP contribution in [-0.2, 0) is 4.79 Å². The van der Waals surface area contributed by atoms with E-state index in [0.717, 1.165) is 50.8 Å². The predicted octanol–water partition coefficient (Wildman–Crippen LogP) is 1.61. The van der Waals surface area contributed by atoms with Crippen LogP contribution in [0, 0.1) is 0 Å². The van der Waals surface area contributed by atoms with Crippen molar-refractivity contribution in [3.63, 3.8) is 0 Å². The lowest BCUT2D eigenvalue weighted by Gasteiger charge is -2.34. The molecule has 1 aromatic heterocycles. The fourth-order valence-electron chi connectivity index (χ4n) is 3.60. The standard InChI is InChI=1S/C20H23N5O2/c26-18(16-4-6-17(7-5-16)25-10-1-3-19(25)27)15-23-11-13-24(14-12-23)20-21-8-2-9-22-20/h2,4-9H,1,3,10-15H2. The highest BCUT2D eigenvalue weighted by Crippen LogP contribution is 2.22. The average Bonchev–Trinajstić information content (AvgIpc) is 3.15. The van der Waals surface area contributed by atoms with Gasteiger partial charge in [0, 0.05) is 62.8 Å². The van der Waals surface area contributed by atoms with Crippen molar-refractivity contribution in [3.05, 3.63) is 48.3 Å². The van der Waals surface area contributed by atoms with Gasteiger partial charge < -0.3 is 9.80 Å². The second-order valence-corrected chi connectivity index (χ2v) is 6.93. The Kier molecular flexibility index (Phi) is 5.11. The minimum Gasteiger partial charge on any atom is -0.338 e. The first-order valence-electron chi connectivity index (χ1n) is 9.39. The molecule has 2 aliphatic rings. The van der Waals surface area contributed by atoms with Crippen molar-refractivity contribution in [1.82, 2.24) is 14.9 Å². The lowest BCUT2D eigenvalue weighted by molar-refractivity contribution is -0.117. The molecule has 0 bridgehead atoms. The molecule has 4 rings (SSSR count). The summed E-state index contributed by atoms with van der Waals surface area (Å²) >= 11 is 0. The van der Waals surface area contributed by atoms with Crippen LogP contribution in [0.15, 0.2) is 42.7 Å². The molecule has 0 unspecified atom stereocenters. The van der Waals surface area contributed by atoms with E-state index in [-0.39, 0.29) is 11.7 Å². The summed E-state index contributed by atoms with van der Waals surface area (Å²) in [5, 5.41) is 0. The highest BCUT2D eigenvalue weighted by molar-refractivity contribution is 5.99. The number of hydrogen-bond donors (Lipinski definition) is 0. The summed E-state index contributed by atoms with van der Waals surface area (Å²) in [5.74, 6) is 1.02. The van der Waals surface area contributed by atoms with E-state index in [1.54, 1.807) is 17.3 Å². The summed E-state index contributed by atoms with van der Waals surface area (Å²) in [7, 11) is 0. The Morgan fingerprint density at radius 2 is 1.67 bits per heavy atom. The fraction of sp³-hybridized carbons (Fsp3) is 0.400. The Balaban J connectivity index is 1.31. The first-order valence-corrected chi connectivity index (χ1v) is 9.39. The van der Waals surface area contributed by atoms with Crippen LogP contribution in [0.25, 0.3) is 0 Å². The molecule has 2 aromatic rings. The van der Waals surface area contributed by atoms with Crippen molar-refractivity contribution in [1.29, 1.82) is 0 Å². The third-order valence-electron chi connectivity index (χ3n) is 5.15. The minimum absolute atomic E-state index is 0.110. The van der Waals surface area contributed by atoms with Crippen molar-refractivity contribution >= 4 is 23.3 Å². The van der Waals surface area contributed by atoms with Gasteiger partial charge in [-0.25, -0.2) is 9.97 Å². The maximum absolute atomic E-state index is 12.6. The van der Waals surface area contributed by atoms with E-state index in [4.69, 9.17) is 0 Å². The number of rotatable bonds is 5. The Morgan fingerprint density at radius 3 is 2.30 bits per heavy atom. The van der Waals surface area contributed by atoms with Crippen molar-refractivity contribution in [2.45, 2.75) is 12.8 Å². The number of aromatic nitrogens is 2. The molecule has 7 nitrogen and oxygen atoms in total. The van der Waals surface area contributed by atoms with Gasteiger partial charge in [-0.05, 0) is 36.8 Å². The summed E-state index contributed by atoms with van der Waals surface area (Å²) < 4.78 is 0. The van der Waals surface area contributed by atoms with Crippen molar-refractivity contribution < 1.29 is 9.59 Å². The van der Waals surface area contributed by atoms with Gasteiger partial charge in [-0.3, -0.25) is 14.5 Å². The SMILES string of the molecule is O=C(CN1CCN(c2ncccn2)CC1)c1ccc(N2CCCC2=O)cc1. The van der Waals surface area contributed by atoms with Crippen LogP contribution in [0.2, 0.25) is 0 Å². The van der Waals surface area contributed by atoms with Gasteiger partial charge in [0.2, 0.25) is 11.9 Å². The maximum atomic E-state index is 12.6. The van der Waals surface area contributed by atoms with E-state index in [2.05, 4.69) is 19.8 Å². The van der Waals surface area contributed by atoms with Crippen molar-refractivity contribution in [3.8, 4) is 0 Å². The van der Waals surface area contributed by atoms with E-state index in [1.165, 1.54) is 0 Å². The second-order valence-electron chi connectivity index (χ2n) is 6.93.